The predicted octanol–water partition coefficient (Wildman–Crippen LogP) is 3.89. The third-order valence-corrected chi connectivity index (χ3v) is 4.06. The molecule has 0 spiro atoms. The molecule has 2 heterocycles. The van der Waals surface area contributed by atoms with Crippen molar-refractivity contribution in [2.45, 2.75) is 6.92 Å². The molecule has 2 aromatic heterocycles. The Balaban J connectivity index is 2.08. The number of benzene rings is 1. The van der Waals surface area contributed by atoms with Crippen molar-refractivity contribution in [1.82, 2.24) is 9.97 Å². The summed E-state index contributed by atoms with van der Waals surface area (Å²) in [5.41, 5.74) is 3.44. The van der Waals surface area contributed by atoms with Crippen LogP contribution in [0.5, 0.6) is 5.75 Å². The number of halogens is 1. The molecule has 4 nitrogen and oxygen atoms in total. The van der Waals surface area contributed by atoms with E-state index in [1.807, 2.05) is 31.2 Å². The number of hydrogen-bond acceptors (Lipinski definition) is 4. The molecule has 0 radical (unpaired) electrons. The molecule has 0 saturated carbocycles. The molecule has 1 aliphatic rings. The SMILES string of the molecule is CCOc1ccc2c3c(c(Cl)nc2c1)C(=O)c1cnccc1-3. The molecule has 0 bridgehead atoms. The lowest BCUT2D eigenvalue weighted by Gasteiger charge is -2.09. The quantitative estimate of drug-likeness (QED) is 0.527. The summed E-state index contributed by atoms with van der Waals surface area (Å²) in [4.78, 5) is 20.9. The van der Waals surface area contributed by atoms with Crippen LogP contribution in [-0.4, -0.2) is 22.4 Å². The zero-order valence-corrected chi connectivity index (χ0v) is 12.5. The van der Waals surface area contributed by atoms with Gasteiger partial charge in [-0.25, -0.2) is 4.98 Å². The van der Waals surface area contributed by atoms with E-state index >= 15 is 0 Å². The second kappa shape index (κ2) is 4.78. The van der Waals surface area contributed by atoms with Crippen molar-refractivity contribution in [3.63, 3.8) is 0 Å². The van der Waals surface area contributed by atoms with Crippen molar-refractivity contribution in [3.8, 4) is 16.9 Å². The standard InChI is InChI=1S/C17H11ClN2O2/c1-2-22-9-3-4-11-13(7-9)20-17(18)15-14(11)10-5-6-19-8-12(10)16(15)21/h3-8H,2H2,1H3. The Hall–Kier alpha value is -2.46. The van der Waals surface area contributed by atoms with Gasteiger partial charge in [0.05, 0.1) is 17.7 Å². The van der Waals surface area contributed by atoms with Gasteiger partial charge in [0.15, 0.2) is 5.78 Å². The van der Waals surface area contributed by atoms with Gasteiger partial charge in [0.25, 0.3) is 0 Å². The number of pyridine rings is 2. The Morgan fingerprint density at radius 1 is 1.18 bits per heavy atom. The highest BCUT2D eigenvalue weighted by Gasteiger charge is 2.31. The van der Waals surface area contributed by atoms with Gasteiger partial charge in [-0.2, -0.15) is 0 Å². The Kier molecular flexibility index (Phi) is 2.87. The first-order valence-corrected chi connectivity index (χ1v) is 7.33. The lowest BCUT2D eigenvalue weighted by Crippen LogP contribution is -1.99. The van der Waals surface area contributed by atoms with Crippen LogP contribution in [0.1, 0.15) is 22.8 Å². The molecule has 1 aromatic carbocycles. The highest BCUT2D eigenvalue weighted by Crippen LogP contribution is 2.43. The molecule has 1 aliphatic carbocycles. The van der Waals surface area contributed by atoms with E-state index < -0.39 is 0 Å². The summed E-state index contributed by atoms with van der Waals surface area (Å²) in [5, 5.41) is 1.11. The van der Waals surface area contributed by atoms with Crippen molar-refractivity contribution >= 4 is 28.3 Å². The third kappa shape index (κ3) is 1.74. The fourth-order valence-corrected chi connectivity index (χ4v) is 3.16. The van der Waals surface area contributed by atoms with Crippen LogP contribution < -0.4 is 4.74 Å². The molecule has 0 aliphatic heterocycles. The molecule has 22 heavy (non-hydrogen) atoms. The van der Waals surface area contributed by atoms with E-state index in [9.17, 15) is 4.79 Å². The second-order valence-corrected chi connectivity index (χ2v) is 5.37. The number of carbonyl (C=O) groups is 1. The molecule has 3 aromatic rings. The van der Waals surface area contributed by atoms with Crippen LogP contribution in [0.4, 0.5) is 0 Å². The minimum absolute atomic E-state index is 0.119. The minimum Gasteiger partial charge on any atom is -0.494 e. The average molecular weight is 311 g/mol. The minimum atomic E-state index is -0.119. The number of hydrogen-bond donors (Lipinski definition) is 0. The summed E-state index contributed by atoms with van der Waals surface area (Å²) in [6.07, 6.45) is 3.25. The summed E-state index contributed by atoms with van der Waals surface area (Å²) in [6, 6.07) is 7.48. The maximum Gasteiger partial charge on any atom is 0.198 e. The first kappa shape index (κ1) is 13.2. The first-order chi connectivity index (χ1) is 10.7. The number of aromatic nitrogens is 2. The highest BCUT2D eigenvalue weighted by atomic mass is 35.5. The number of nitrogens with zero attached hydrogens (tertiary/aromatic N) is 2. The van der Waals surface area contributed by atoms with E-state index in [0.717, 1.165) is 22.3 Å². The Morgan fingerprint density at radius 2 is 2.05 bits per heavy atom. The van der Waals surface area contributed by atoms with Crippen LogP contribution in [0.3, 0.4) is 0 Å². The third-order valence-electron chi connectivity index (χ3n) is 3.79. The normalized spacial score (nSPS) is 12.4. The van der Waals surface area contributed by atoms with E-state index in [0.29, 0.717) is 23.3 Å². The molecule has 0 saturated heterocycles. The molecule has 0 unspecified atom stereocenters. The van der Waals surface area contributed by atoms with Gasteiger partial charge in [0, 0.05) is 35.0 Å². The van der Waals surface area contributed by atoms with Gasteiger partial charge in [-0.1, -0.05) is 11.6 Å². The maximum atomic E-state index is 12.5. The van der Waals surface area contributed by atoms with Gasteiger partial charge in [-0.05, 0) is 30.7 Å². The molecular weight excluding hydrogens is 300 g/mol. The molecule has 108 valence electrons. The summed E-state index contributed by atoms with van der Waals surface area (Å²) in [7, 11) is 0. The van der Waals surface area contributed by atoms with Crippen LogP contribution in [0.2, 0.25) is 5.15 Å². The van der Waals surface area contributed by atoms with E-state index in [1.165, 1.54) is 0 Å². The van der Waals surface area contributed by atoms with Crippen LogP contribution in [0, 0.1) is 0 Å². The molecule has 0 fully saturated rings. The Bertz CT molecular complexity index is 937. The van der Waals surface area contributed by atoms with Crippen LogP contribution in [0.15, 0.2) is 36.7 Å². The molecule has 5 heteroatoms. The van der Waals surface area contributed by atoms with Gasteiger partial charge >= 0.3 is 0 Å². The second-order valence-electron chi connectivity index (χ2n) is 5.01. The molecular formula is C17H11ClN2O2. The van der Waals surface area contributed by atoms with Crippen molar-refractivity contribution in [2.24, 2.45) is 0 Å². The van der Waals surface area contributed by atoms with E-state index in [2.05, 4.69) is 9.97 Å². The average Bonchev–Trinajstić information content (AvgIpc) is 2.82. The number of fused-ring (bicyclic) bond motifs is 5. The van der Waals surface area contributed by atoms with Gasteiger partial charge < -0.3 is 4.74 Å². The van der Waals surface area contributed by atoms with Gasteiger partial charge in [-0.3, -0.25) is 9.78 Å². The molecule has 0 amide bonds. The van der Waals surface area contributed by atoms with Gasteiger partial charge in [0.1, 0.15) is 10.9 Å². The smallest absolute Gasteiger partial charge is 0.198 e. The van der Waals surface area contributed by atoms with E-state index in [-0.39, 0.29) is 10.9 Å². The maximum absolute atomic E-state index is 12.5. The first-order valence-electron chi connectivity index (χ1n) is 6.96. The fraction of sp³-hybridized carbons (Fsp3) is 0.118. The fourth-order valence-electron chi connectivity index (χ4n) is 2.89. The molecule has 0 atom stereocenters. The summed E-state index contributed by atoms with van der Waals surface area (Å²) >= 11 is 6.27. The van der Waals surface area contributed by atoms with Crippen molar-refractivity contribution in [3.05, 3.63) is 52.9 Å². The largest absolute Gasteiger partial charge is 0.494 e. The van der Waals surface area contributed by atoms with Gasteiger partial charge in [-0.15, -0.1) is 0 Å². The van der Waals surface area contributed by atoms with E-state index in [1.54, 1.807) is 12.4 Å². The van der Waals surface area contributed by atoms with Crippen molar-refractivity contribution in [2.75, 3.05) is 6.61 Å². The van der Waals surface area contributed by atoms with E-state index in [4.69, 9.17) is 16.3 Å². The number of ketones is 1. The van der Waals surface area contributed by atoms with Crippen molar-refractivity contribution in [1.29, 1.82) is 0 Å². The Labute approximate surface area is 131 Å². The molecule has 0 N–H and O–H groups in total. The predicted molar refractivity (Wildman–Crippen MR) is 84.6 cm³/mol. The van der Waals surface area contributed by atoms with Crippen LogP contribution in [-0.2, 0) is 0 Å². The monoisotopic (exact) mass is 310 g/mol. The van der Waals surface area contributed by atoms with Crippen molar-refractivity contribution < 1.29 is 9.53 Å². The number of rotatable bonds is 2. The van der Waals surface area contributed by atoms with Gasteiger partial charge in [0.2, 0.25) is 0 Å². The summed E-state index contributed by atoms with van der Waals surface area (Å²) in [5.74, 6) is 0.615. The lowest BCUT2D eigenvalue weighted by molar-refractivity contribution is 0.104. The zero-order valence-electron chi connectivity index (χ0n) is 11.8. The summed E-state index contributed by atoms with van der Waals surface area (Å²) < 4.78 is 5.50. The molecule has 4 rings (SSSR count). The topological polar surface area (TPSA) is 52.1 Å². The lowest BCUT2D eigenvalue weighted by atomic mass is 10.0. The van der Waals surface area contributed by atoms with Crippen LogP contribution >= 0.6 is 11.6 Å². The zero-order chi connectivity index (χ0) is 15.3. The Morgan fingerprint density at radius 3 is 2.86 bits per heavy atom. The number of carbonyl (C=O) groups excluding carboxylic acids is 1. The van der Waals surface area contributed by atoms with Crippen LogP contribution in [0.25, 0.3) is 22.0 Å². The summed E-state index contributed by atoms with van der Waals surface area (Å²) in [6.45, 7) is 2.51. The highest BCUT2D eigenvalue weighted by molar-refractivity contribution is 6.38. The number of ether oxygens (including phenoxy) is 1.